The average molecular weight is 291 g/mol. The molecule has 1 saturated carbocycles. The Labute approximate surface area is 131 Å². The lowest BCUT2D eigenvalue weighted by Crippen LogP contribution is -2.40. The van der Waals surface area contributed by atoms with Crippen molar-refractivity contribution in [2.24, 2.45) is 5.92 Å². The first kappa shape index (κ1) is 17.7. The molecule has 1 unspecified atom stereocenters. The standard InChI is InChI=1S/C18H33N3/c1-7-20(5)14-15(2)21(6)18(16(3)19-4)13-17-11-9-8-10-12-17/h7,17-19H,1-3,8-14H2,4-6H3. The molecule has 0 aromatic heterocycles. The number of nitrogens with one attached hydrogen (secondary N) is 1. The Bertz CT molecular complexity index is 355. The molecule has 3 nitrogen and oxygen atoms in total. The maximum absolute atomic E-state index is 4.24. The lowest BCUT2D eigenvalue weighted by molar-refractivity contribution is 0.231. The van der Waals surface area contributed by atoms with Crippen LogP contribution in [0.15, 0.2) is 37.3 Å². The van der Waals surface area contributed by atoms with Crippen molar-refractivity contribution < 1.29 is 0 Å². The highest BCUT2D eigenvalue weighted by Crippen LogP contribution is 2.30. The summed E-state index contributed by atoms with van der Waals surface area (Å²) in [7, 11) is 6.12. The highest BCUT2D eigenvalue weighted by molar-refractivity contribution is 5.10. The van der Waals surface area contributed by atoms with Crippen molar-refractivity contribution in [3.05, 3.63) is 37.3 Å². The highest BCUT2D eigenvalue weighted by atomic mass is 15.2. The number of likely N-dealkylation sites (N-methyl/N-ethyl adjacent to an activating group) is 3. The van der Waals surface area contributed by atoms with Gasteiger partial charge in [0.1, 0.15) is 0 Å². The third kappa shape index (κ3) is 5.49. The van der Waals surface area contributed by atoms with Crippen LogP contribution in [0.4, 0.5) is 0 Å². The van der Waals surface area contributed by atoms with Gasteiger partial charge < -0.3 is 15.1 Å². The molecule has 0 aromatic carbocycles. The molecule has 3 heteroatoms. The largest absolute Gasteiger partial charge is 0.390 e. The molecule has 0 aliphatic heterocycles. The number of rotatable bonds is 9. The maximum atomic E-state index is 4.24. The molecule has 0 radical (unpaired) electrons. The van der Waals surface area contributed by atoms with E-state index in [1.165, 1.54) is 38.5 Å². The average Bonchev–Trinajstić information content (AvgIpc) is 2.51. The monoisotopic (exact) mass is 291 g/mol. The molecule has 120 valence electrons. The Balaban J connectivity index is 2.68. The summed E-state index contributed by atoms with van der Waals surface area (Å²) in [6.45, 7) is 13.1. The van der Waals surface area contributed by atoms with Crippen molar-refractivity contribution in [1.82, 2.24) is 15.1 Å². The first-order valence-electron chi connectivity index (χ1n) is 8.09. The third-order valence-electron chi connectivity index (χ3n) is 4.71. The van der Waals surface area contributed by atoms with Crippen molar-refractivity contribution in [2.75, 3.05) is 27.7 Å². The second-order valence-electron chi connectivity index (χ2n) is 6.31. The zero-order chi connectivity index (χ0) is 15.8. The Kier molecular flexibility index (Phi) is 7.41. The van der Waals surface area contributed by atoms with Gasteiger partial charge in [-0.1, -0.05) is 51.8 Å². The topological polar surface area (TPSA) is 18.5 Å². The fourth-order valence-corrected chi connectivity index (χ4v) is 3.12. The van der Waals surface area contributed by atoms with E-state index in [2.05, 4.69) is 41.9 Å². The number of hydrogen-bond acceptors (Lipinski definition) is 3. The van der Waals surface area contributed by atoms with Gasteiger partial charge in [-0.3, -0.25) is 0 Å². The van der Waals surface area contributed by atoms with E-state index in [9.17, 15) is 0 Å². The minimum Gasteiger partial charge on any atom is -0.390 e. The SMILES string of the molecule is C=CN(C)CC(=C)N(C)C(CC1CCCCC1)C(=C)NC. The Hall–Kier alpha value is -1.38. The Morgan fingerprint density at radius 3 is 2.38 bits per heavy atom. The molecular formula is C18H33N3. The molecular weight excluding hydrogens is 258 g/mol. The van der Waals surface area contributed by atoms with Crippen molar-refractivity contribution in [3.8, 4) is 0 Å². The van der Waals surface area contributed by atoms with E-state index in [1.807, 2.05) is 20.3 Å². The van der Waals surface area contributed by atoms with Gasteiger partial charge in [-0.05, 0) is 18.5 Å². The predicted molar refractivity (Wildman–Crippen MR) is 92.9 cm³/mol. The van der Waals surface area contributed by atoms with E-state index >= 15 is 0 Å². The van der Waals surface area contributed by atoms with E-state index < -0.39 is 0 Å². The van der Waals surface area contributed by atoms with E-state index in [4.69, 9.17) is 0 Å². The van der Waals surface area contributed by atoms with E-state index in [1.54, 1.807) is 0 Å². The lowest BCUT2D eigenvalue weighted by Gasteiger charge is -2.37. The number of nitrogens with zero attached hydrogens (tertiary/aromatic N) is 2. The highest BCUT2D eigenvalue weighted by Gasteiger charge is 2.24. The van der Waals surface area contributed by atoms with Gasteiger partial charge in [-0.25, -0.2) is 0 Å². The molecule has 0 amide bonds. The van der Waals surface area contributed by atoms with Gasteiger partial charge in [0, 0.05) is 32.5 Å². The summed E-state index contributed by atoms with van der Waals surface area (Å²) in [6, 6.07) is 0.323. The summed E-state index contributed by atoms with van der Waals surface area (Å²) in [4.78, 5) is 4.34. The Morgan fingerprint density at radius 1 is 1.24 bits per heavy atom. The zero-order valence-electron chi connectivity index (χ0n) is 14.2. The molecule has 1 rings (SSSR count). The van der Waals surface area contributed by atoms with Crippen molar-refractivity contribution in [3.63, 3.8) is 0 Å². The quantitative estimate of drug-likeness (QED) is 0.700. The smallest absolute Gasteiger partial charge is 0.0679 e. The molecule has 1 N–H and O–H groups in total. The molecule has 0 aromatic rings. The number of hydrogen-bond donors (Lipinski definition) is 1. The van der Waals surface area contributed by atoms with Crippen LogP contribution in [-0.4, -0.2) is 43.5 Å². The zero-order valence-corrected chi connectivity index (χ0v) is 14.2. The first-order chi connectivity index (χ1) is 9.99. The van der Waals surface area contributed by atoms with Crippen LogP contribution in [0.25, 0.3) is 0 Å². The van der Waals surface area contributed by atoms with Crippen LogP contribution in [0.1, 0.15) is 38.5 Å². The van der Waals surface area contributed by atoms with Crippen LogP contribution in [0.3, 0.4) is 0 Å². The maximum Gasteiger partial charge on any atom is 0.0679 e. The second kappa shape index (κ2) is 8.81. The van der Waals surface area contributed by atoms with E-state index in [0.29, 0.717) is 6.04 Å². The molecule has 1 atom stereocenters. The fourth-order valence-electron chi connectivity index (χ4n) is 3.12. The van der Waals surface area contributed by atoms with Gasteiger partial charge in [0.25, 0.3) is 0 Å². The molecule has 0 heterocycles. The van der Waals surface area contributed by atoms with E-state index in [-0.39, 0.29) is 0 Å². The minimum absolute atomic E-state index is 0.323. The van der Waals surface area contributed by atoms with Crippen LogP contribution < -0.4 is 5.32 Å². The first-order valence-corrected chi connectivity index (χ1v) is 8.09. The molecule has 1 aliphatic rings. The lowest BCUT2D eigenvalue weighted by atomic mass is 9.84. The van der Waals surface area contributed by atoms with Gasteiger partial charge in [-0.2, -0.15) is 0 Å². The van der Waals surface area contributed by atoms with Crippen LogP contribution in [0.2, 0.25) is 0 Å². The summed E-state index contributed by atoms with van der Waals surface area (Å²) in [5.41, 5.74) is 2.19. The molecule has 0 bridgehead atoms. The second-order valence-corrected chi connectivity index (χ2v) is 6.31. The summed E-state index contributed by atoms with van der Waals surface area (Å²) in [6.07, 6.45) is 9.90. The van der Waals surface area contributed by atoms with Crippen molar-refractivity contribution in [2.45, 2.75) is 44.6 Å². The normalized spacial score (nSPS) is 16.9. The van der Waals surface area contributed by atoms with Crippen LogP contribution in [0.5, 0.6) is 0 Å². The van der Waals surface area contributed by atoms with Crippen molar-refractivity contribution >= 4 is 0 Å². The molecule has 0 saturated heterocycles. The van der Waals surface area contributed by atoms with Gasteiger partial charge >= 0.3 is 0 Å². The van der Waals surface area contributed by atoms with Gasteiger partial charge in [0.15, 0.2) is 0 Å². The third-order valence-corrected chi connectivity index (χ3v) is 4.71. The summed E-state index contributed by atoms with van der Waals surface area (Å²) >= 11 is 0. The molecule has 1 aliphatic carbocycles. The summed E-state index contributed by atoms with van der Waals surface area (Å²) in [5, 5.41) is 3.25. The summed E-state index contributed by atoms with van der Waals surface area (Å²) < 4.78 is 0. The fraction of sp³-hybridized carbons (Fsp3) is 0.667. The van der Waals surface area contributed by atoms with E-state index in [0.717, 1.165) is 23.9 Å². The Morgan fingerprint density at radius 2 is 1.86 bits per heavy atom. The van der Waals surface area contributed by atoms with Crippen LogP contribution in [0, 0.1) is 5.92 Å². The van der Waals surface area contributed by atoms with Gasteiger partial charge in [-0.15, -0.1) is 0 Å². The van der Waals surface area contributed by atoms with Crippen molar-refractivity contribution in [1.29, 1.82) is 0 Å². The van der Waals surface area contributed by atoms with Crippen LogP contribution >= 0.6 is 0 Å². The minimum atomic E-state index is 0.323. The molecule has 21 heavy (non-hydrogen) atoms. The van der Waals surface area contributed by atoms with Gasteiger partial charge in [0.05, 0.1) is 12.6 Å². The van der Waals surface area contributed by atoms with Crippen LogP contribution in [-0.2, 0) is 0 Å². The van der Waals surface area contributed by atoms with Gasteiger partial charge in [0.2, 0.25) is 0 Å². The molecule has 0 spiro atoms. The summed E-state index contributed by atoms with van der Waals surface area (Å²) in [5.74, 6) is 0.821. The predicted octanol–water partition coefficient (Wildman–Crippen LogP) is 3.58. The molecule has 1 fully saturated rings.